The molecule has 248 valence electrons. The lowest BCUT2D eigenvalue weighted by molar-refractivity contribution is -0.137. The van der Waals surface area contributed by atoms with E-state index in [0.29, 0.717) is 47.7 Å². The molecule has 2 amide bonds. The van der Waals surface area contributed by atoms with Crippen LogP contribution in [0.15, 0.2) is 46.7 Å². The van der Waals surface area contributed by atoms with Gasteiger partial charge >= 0.3 is 5.97 Å². The van der Waals surface area contributed by atoms with E-state index in [1.165, 1.54) is 47.8 Å². The third-order valence-corrected chi connectivity index (χ3v) is 14.8. The molecule has 0 saturated heterocycles. The summed E-state index contributed by atoms with van der Waals surface area (Å²) in [4.78, 5) is 40.1. The molecule has 5 aliphatic rings. The Kier molecular flexibility index (Phi) is 9.27. The molecule has 0 aromatic carbocycles. The smallest absolute Gasteiger partial charge is 0.307 e. The van der Waals surface area contributed by atoms with Crippen molar-refractivity contribution in [2.24, 2.45) is 45.3 Å². The van der Waals surface area contributed by atoms with Gasteiger partial charge in [-0.15, -0.1) is 0 Å². The Bertz CT molecular complexity index is 1350. The van der Waals surface area contributed by atoms with E-state index < -0.39 is 5.97 Å². The number of amides is 2. The number of carbonyl (C=O) groups is 3. The summed E-state index contributed by atoms with van der Waals surface area (Å²) in [7, 11) is 0. The molecule has 0 unspecified atom stereocenters. The maximum absolute atomic E-state index is 13.7. The number of nitrogens with zero attached hydrogens (tertiary/aromatic N) is 1. The summed E-state index contributed by atoms with van der Waals surface area (Å²) in [5.41, 5.74) is 4.81. The monoisotopic (exact) mass is 617 g/mol. The van der Waals surface area contributed by atoms with Crippen molar-refractivity contribution < 1.29 is 19.5 Å². The molecule has 4 aliphatic carbocycles. The third kappa shape index (κ3) is 5.84. The Balaban J connectivity index is 1.31. The number of aliphatic carboxylic acids is 1. The summed E-state index contributed by atoms with van der Waals surface area (Å²) in [5, 5.41) is 9.82. The number of allylic oxidation sites excluding steroid dienone is 4. The average molecular weight is 618 g/mol. The first kappa shape index (κ1) is 33.9. The van der Waals surface area contributed by atoms with Gasteiger partial charge in [0.25, 0.3) is 11.8 Å². The van der Waals surface area contributed by atoms with Crippen molar-refractivity contribution in [2.75, 3.05) is 0 Å². The normalized spacial score (nSPS) is 40.4. The largest absolute Gasteiger partial charge is 0.481 e. The van der Waals surface area contributed by atoms with Crippen LogP contribution in [-0.4, -0.2) is 27.8 Å². The maximum Gasteiger partial charge on any atom is 0.307 e. The Morgan fingerprint density at radius 3 is 1.89 bits per heavy atom. The van der Waals surface area contributed by atoms with E-state index in [2.05, 4.69) is 67.5 Å². The first-order valence-corrected chi connectivity index (χ1v) is 17.9. The first-order chi connectivity index (χ1) is 21.1. The molecule has 1 aliphatic heterocycles. The SMILES string of the molecule is CC1=CCC[C@H]2[C@@](C)(CCC3=CC(=O)N(/C=C(\CC[C@@]4(C)[C@H](C)CC[C@@]5(C)C(C)=CCC[C@@H]45)CC(=O)O)C3=O)[C@H](C)CC[C@@]12C. The number of hydrogen-bond donors (Lipinski definition) is 1. The zero-order valence-electron chi connectivity index (χ0n) is 29.4. The highest BCUT2D eigenvalue weighted by molar-refractivity contribution is 6.17. The number of hydrogen-bond acceptors (Lipinski definition) is 3. The van der Waals surface area contributed by atoms with Gasteiger partial charge < -0.3 is 5.11 Å². The summed E-state index contributed by atoms with van der Waals surface area (Å²) in [6.45, 7) is 19.0. The topological polar surface area (TPSA) is 74.7 Å². The van der Waals surface area contributed by atoms with Crippen LogP contribution < -0.4 is 0 Å². The summed E-state index contributed by atoms with van der Waals surface area (Å²) in [6, 6.07) is 0. The molecule has 8 atom stereocenters. The minimum absolute atomic E-state index is 0.0653. The summed E-state index contributed by atoms with van der Waals surface area (Å²) in [5.74, 6) is 0.677. The number of imide groups is 1. The van der Waals surface area contributed by atoms with Gasteiger partial charge in [0.15, 0.2) is 0 Å². The molecule has 5 heteroatoms. The highest BCUT2D eigenvalue weighted by Crippen LogP contribution is 2.63. The Hall–Kier alpha value is -2.43. The van der Waals surface area contributed by atoms with Gasteiger partial charge in [0.05, 0.1) is 6.42 Å². The Morgan fingerprint density at radius 2 is 1.38 bits per heavy atom. The lowest BCUT2D eigenvalue weighted by Crippen LogP contribution is -2.49. The molecular formula is C40H59NO4. The fourth-order valence-corrected chi connectivity index (χ4v) is 10.9. The van der Waals surface area contributed by atoms with Gasteiger partial charge in [-0.2, -0.15) is 0 Å². The number of carbonyl (C=O) groups excluding carboxylic acids is 2. The Morgan fingerprint density at radius 1 is 0.867 bits per heavy atom. The zero-order chi connectivity index (χ0) is 32.9. The second kappa shape index (κ2) is 12.3. The van der Waals surface area contributed by atoms with Crippen LogP contribution in [0.3, 0.4) is 0 Å². The Labute approximate surface area is 272 Å². The van der Waals surface area contributed by atoms with Crippen LogP contribution in [0.2, 0.25) is 0 Å². The van der Waals surface area contributed by atoms with Crippen LogP contribution >= 0.6 is 0 Å². The van der Waals surface area contributed by atoms with Gasteiger partial charge in [-0.25, -0.2) is 0 Å². The van der Waals surface area contributed by atoms with Gasteiger partial charge in [0.1, 0.15) is 0 Å². The van der Waals surface area contributed by atoms with Gasteiger partial charge in [-0.05, 0) is 142 Å². The molecule has 0 aromatic rings. The molecule has 45 heavy (non-hydrogen) atoms. The van der Waals surface area contributed by atoms with Crippen LogP contribution in [0.5, 0.6) is 0 Å². The van der Waals surface area contributed by atoms with E-state index in [9.17, 15) is 19.5 Å². The molecule has 0 radical (unpaired) electrons. The highest BCUT2D eigenvalue weighted by Gasteiger charge is 2.54. The van der Waals surface area contributed by atoms with Crippen LogP contribution in [-0.2, 0) is 14.4 Å². The maximum atomic E-state index is 13.7. The van der Waals surface area contributed by atoms with E-state index in [1.807, 2.05) is 0 Å². The molecule has 0 spiro atoms. The molecule has 1 heterocycles. The van der Waals surface area contributed by atoms with Crippen molar-refractivity contribution in [3.63, 3.8) is 0 Å². The first-order valence-electron chi connectivity index (χ1n) is 17.9. The standard InChI is InChI=1S/C40H59NO4/c1-26-11-9-13-32-37(26,5)19-15-28(3)39(32,7)21-17-30(23-35(43)44)25-41-34(42)24-31(36(41)45)18-22-40(8)29(4)16-20-38(6)27(2)12-10-14-33(38)40/h11-12,24-25,28-29,32-33H,9-10,13-23H2,1-8H3,(H,43,44)/b30-25+/t28-,29-,32-,33-,37+,38+,39+,40+/m1/s1. The molecular weight excluding hydrogens is 558 g/mol. The number of carboxylic acid groups (broad SMARTS) is 1. The van der Waals surface area contributed by atoms with Gasteiger partial charge in [0.2, 0.25) is 0 Å². The number of rotatable bonds is 9. The van der Waals surface area contributed by atoms with E-state index in [0.717, 1.165) is 38.5 Å². The molecule has 5 nitrogen and oxygen atoms in total. The van der Waals surface area contributed by atoms with Gasteiger partial charge in [-0.3, -0.25) is 19.3 Å². The summed E-state index contributed by atoms with van der Waals surface area (Å²) in [6.07, 6.45) is 20.0. The molecule has 0 bridgehead atoms. The van der Waals surface area contributed by atoms with Gasteiger partial charge in [-0.1, -0.05) is 64.8 Å². The van der Waals surface area contributed by atoms with Crippen molar-refractivity contribution in [3.8, 4) is 0 Å². The van der Waals surface area contributed by atoms with E-state index in [-0.39, 0.29) is 39.9 Å². The van der Waals surface area contributed by atoms with Gasteiger partial charge in [0, 0.05) is 17.8 Å². The van der Waals surface area contributed by atoms with Crippen molar-refractivity contribution in [1.29, 1.82) is 0 Å². The average Bonchev–Trinajstić information content (AvgIpc) is 3.25. The molecule has 1 N–H and O–H groups in total. The van der Waals surface area contributed by atoms with Crippen molar-refractivity contribution >= 4 is 17.8 Å². The fourth-order valence-electron chi connectivity index (χ4n) is 10.9. The third-order valence-electron chi connectivity index (χ3n) is 14.8. The predicted molar refractivity (Wildman–Crippen MR) is 181 cm³/mol. The molecule has 0 aromatic heterocycles. The van der Waals surface area contributed by atoms with E-state index in [4.69, 9.17) is 0 Å². The van der Waals surface area contributed by atoms with Crippen molar-refractivity contribution in [3.05, 3.63) is 46.7 Å². The fraction of sp³-hybridized carbons (Fsp3) is 0.725. The van der Waals surface area contributed by atoms with Crippen LogP contribution in [0.25, 0.3) is 0 Å². The zero-order valence-corrected chi connectivity index (χ0v) is 29.4. The van der Waals surface area contributed by atoms with Crippen molar-refractivity contribution in [1.82, 2.24) is 4.90 Å². The lowest BCUT2D eigenvalue weighted by Gasteiger charge is -2.58. The molecule has 2 saturated carbocycles. The van der Waals surface area contributed by atoms with Crippen molar-refractivity contribution in [2.45, 2.75) is 139 Å². The second-order valence-corrected chi connectivity index (χ2v) is 16.8. The highest BCUT2D eigenvalue weighted by atomic mass is 16.4. The summed E-state index contributed by atoms with van der Waals surface area (Å²) >= 11 is 0. The number of fused-ring (bicyclic) bond motifs is 2. The van der Waals surface area contributed by atoms with Crippen LogP contribution in [0, 0.1) is 45.3 Å². The quantitative estimate of drug-likeness (QED) is 0.206. The minimum Gasteiger partial charge on any atom is -0.481 e. The number of carboxylic acids is 1. The summed E-state index contributed by atoms with van der Waals surface area (Å²) < 4.78 is 0. The lowest BCUT2D eigenvalue weighted by atomic mass is 9.47. The molecule has 5 rings (SSSR count). The van der Waals surface area contributed by atoms with Crippen LogP contribution in [0.4, 0.5) is 0 Å². The van der Waals surface area contributed by atoms with E-state index >= 15 is 0 Å². The van der Waals surface area contributed by atoms with E-state index in [1.54, 1.807) is 6.20 Å². The predicted octanol–water partition coefficient (Wildman–Crippen LogP) is 9.80. The minimum atomic E-state index is -0.921. The molecule has 2 fully saturated rings. The second-order valence-electron chi connectivity index (χ2n) is 16.8. The van der Waals surface area contributed by atoms with Crippen LogP contribution in [0.1, 0.15) is 139 Å².